The molecule has 1 amide bonds. The molecule has 0 fully saturated rings. The van der Waals surface area contributed by atoms with Crippen LogP contribution in [0.3, 0.4) is 0 Å². The highest BCUT2D eigenvalue weighted by atomic mass is 19.4. The van der Waals surface area contributed by atoms with Gasteiger partial charge in [-0.25, -0.2) is 0 Å². The maximum Gasteiger partial charge on any atom is 0.390 e. The molecule has 3 nitrogen and oxygen atoms in total. The van der Waals surface area contributed by atoms with Crippen molar-refractivity contribution in [3.8, 4) is 0 Å². The summed E-state index contributed by atoms with van der Waals surface area (Å²) in [6.45, 7) is 3.37. The minimum atomic E-state index is -4.24. The first-order valence-corrected chi connectivity index (χ1v) is 4.82. The summed E-state index contributed by atoms with van der Waals surface area (Å²) in [6.07, 6.45) is -4.79. The van der Waals surface area contributed by atoms with Crippen molar-refractivity contribution in [2.75, 3.05) is 6.54 Å². The molecule has 15 heavy (non-hydrogen) atoms. The van der Waals surface area contributed by atoms with Crippen LogP contribution in [0.1, 0.15) is 26.7 Å². The second-order valence-electron chi connectivity index (χ2n) is 3.89. The van der Waals surface area contributed by atoms with Crippen molar-refractivity contribution in [2.24, 2.45) is 11.7 Å². The summed E-state index contributed by atoms with van der Waals surface area (Å²) in [4.78, 5) is 11.2. The van der Waals surface area contributed by atoms with Crippen LogP contribution in [0.4, 0.5) is 13.2 Å². The lowest BCUT2D eigenvalue weighted by Gasteiger charge is -2.14. The SMILES string of the molecule is CC(C)CC(N)C(=O)NCCC(F)(F)F. The van der Waals surface area contributed by atoms with Crippen molar-refractivity contribution in [2.45, 2.75) is 38.9 Å². The lowest BCUT2D eigenvalue weighted by atomic mass is 10.0. The van der Waals surface area contributed by atoms with Gasteiger partial charge in [-0.2, -0.15) is 13.2 Å². The molecule has 1 unspecified atom stereocenters. The fraction of sp³-hybridized carbons (Fsp3) is 0.889. The smallest absolute Gasteiger partial charge is 0.354 e. The molecule has 6 heteroatoms. The number of hydrogen-bond acceptors (Lipinski definition) is 2. The predicted octanol–water partition coefficient (Wildman–Crippen LogP) is 1.43. The molecule has 0 heterocycles. The summed E-state index contributed by atoms with van der Waals surface area (Å²) < 4.78 is 35.2. The average molecular weight is 226 g/mol. The highest BCUT2D eigenvalue weighted by Crippen LogP contribution is 2.18. The van der Waals surface area contributed by atoms with Crippen molar-refractivity contribution in [1.29, 1.82) is 0 Å². The summed E-state index contributed by atoms with van der Waals surface area (Å²) in [5.41, 5.74) is 5.47. The number of halogens is 3. The van der Waals surface area contributed by atoms with Crippen LogP contribution in [0.15, 0.2) is 0 Å². The van der Waals surface area contributed by atoms with Crippen LogP contribution in [0.5, 0.6) is 0 Å². The molecule has 0 radical (unpaired) electrons. The Morgan fingerprint density at radius 2 is 1.93 bits per heavy atom. The van der Waals surface area contributed by atoms with E-state index >= 15 is 0 Å². The molecule has 0 aromatic heterocycles. The maximum absolute atomic E-state index is 11.7. The summed E-state index contributed by atoms with van der Waals surface area (Å²) in [6, 6.07) is -0.724. The lowest BCUT2D eigenvalue weighted by Crippen LogP contribution is -2.42. The molecule has 0 bridgehead atoms. The third-order valence-electron chi connectivity index (χ3n) is 1.77. The van der Waals surface area contributed by atoms with E-state index in [1.165, 1.54) is 0 Å². The largest absolute Gasteiger partial charge is 0.390 e. The molecule has 0 saturated heterocycles. The maximum atomic E-state index is 11.7. The summed E-state index contributed by atoms with van der Waals surface area (Å²) in [5.74, 6) is -0.277. The first kappa shape index (κ1) is 14.2. The number of carbonyl (C=O) groups excluding carboxylic acids is 1. The Morgan fingerprint density at radius 3 is 2.33 bits per heavy atom. The van der Waals surface area contributed by atoms with Crippen molar-refractivity contribution < 1.29 is 18.0 Å². The summed E-state index contributed by atoms with van der Waals surface area (Å²) >= 11 is 0. The number of rotatable bonds is 5. The van der Waals surface area contributed by atoms with Gasteiger partial charge in [-0.3, -0.25) is 4.79 Å². The van der Waals surface area contributed by atoms with E-state index in [0.29, 0.717) is 6.42 Å². The molecule has 0 rings (SSSR count). The van der Waals surface area contributed by atoms with Crippen LogP contribution < -0.4 is 11.1 Å². The van der Waals surface area contributed by atoms with Crippen LogP contribution in [-0.2, 0) is 4.79 Å². The van der Waals surface area contributed by atoms with Gasteiger partial charge in [-0.05, 0) is 12.3 Å². The summed E-state index contributed by atoms with van der Waals surface area (Å²) in [7, 11) is 0. The fourth-order valence-corrected chi connectivity index (χ4v) is 1.07. The Morgan fingerprint density at radius 1 is 1.40 bits per heavy atom. The number of hydrogen-bond donors (Lipinski definition) is 2. The van der Waals surface area contributed by atoms with Gasteiger partial charge in [0.05, 0.1) is 12.5 Å². The summed E-state index contributed by atoms with van der Waals surface area (Å²) in [5, 5.41) is 2.16. The van der Waals surface area contributed by atoms with Gasteiger partial charge in [0.2, 0.25) is 5.91 Å². The first-order chi connectivity index (χ1) is 6.72. The zero-order valence-electron chi connectivity index (χ0n) is 8.90. The van der Waals surface area contributed by atoms with Gasteiger partial charge in [-0.1, -0.05) is 13.8 Å². The molecule has 0 saturated carbocycles. The monoisotopic (exact) mass is 226 g/mol. The van der Waals surface area contributed by atoms with Gasteiger partial charge in [0.1, 0.15) is 0 Å². The van der Waals surface area contributed by atoms with Crippen LogP contribution in [0.25, 0.3) is 0 Å². The zero-order chi connectivity index (χ0) is 12.1. The Hall–Kier alpha value is -0.780. The number of carbonyl (C=O) groups is 1. The molecule has 90 valence electrons. The molecule has 0 aromatic carbocycles. The van der Waals surface area contributed by atoms with E-state index in [9.17, 15) is 18.0 Å². The second kappa shape index (κ2) is 5.95. The molecular weight excluding hydrogens is 209 g/mol. The van der Waals surface area contributed by atoms with Gasteiger partial charge in [0.15, 0.2) is 0 Å². The lowest BCUT2D eigenvalue weighted by molar-refractivity contribution is -0.136. The predicted molar refractivity (Wildman–Crippen MR) is 51.1 cm³/mol. The average Bonchev–Trinajstić information content (AvgIpc) is 2.00. The van der Waals surface area contributed by atoms with Crippen molar-refractivity contribution in [3.05, 3.63) is 0 Å². The van der Waals surface area contributed by atoms with E-state index in [-0.39, 0.29) is 5.92 Å². The molecule has 0 spiro atoms. The Bertz CT molecular complexity index is 204. The van der Waals surface area contributed by atoms with E-state index in [2.05, 4.69) is 5.32 Å². The van der Waals surface area contributed by atoms with Crippen LogP contribution in [0.2, 0.25) is 0 Å². The zero-order valence-corrected chi connectivity index (χ0v) is 8.90. The highest BCUT2D eigenvalue weighted by molar-refractivity contribution is 5.81. The minimum absolute atomic E-state index is 0.244. The number of amides is 1. The molecule has 1 atom stereocenters. The molecule has 0 aliphatic heterocycles. The van der Waals surface area contributed by atoms with Crippen molar-refractivity contribution in [1.82, 2.24) is 5.32 Å². The van der Waals surface area contributed by atoms with Gasteiger partial charge < -0.3 is 11.1 Å². The third-order valence-corrected chi connectivity index (χ3v) is 1.77. The normalized spacial score (nSPS) is 14.1. The Labute approximate surface area is 87.2 Å². The molecular formula is C9H17F3N2O. The van der Waals surface area contributed by atoms with Crippen molar-refractivity contribution in [3.63, 3.8) is 0 Å². The van der Waals surface area contributed by atoms with Gasteiger partial charge >= 0.3 is 6.18 Å². The van der Waals surface area contributed by atoms with Crippen LogP contribution in [-0.4, -0.2) is 24.7 Å². The molecule has 0 aliphatic rings. The van der Waals surface area contributed by atoms with Gasteiger partial charge in [0.25, 0.3) is 0 Å². The van der Waals surface area contributed by atoms with E-state index in [4.69, 9.17) is 5.73 Å². The Balaban J connectivity index is 3.74. The second-order valence-corrected chi connectivity index (χ2v) is 3.89. The van der Waals surface area contributed by atoms with Crippen LogP contribution in [0, 0.1) is 5.92 Å². The van der Waals surface area contributed by atoms with Crippen molar-refractivity contribution >= 4 is 5.91 Å². The first-order valence-electron chi connectivity index (χ1n) is 4.82. The van der Waals surface area contributed by atoms with E-state index in [1.54, 1.807) is 0 Å². The third kappa shape index (κ3) is 8.23. The Kier molecular flexibility index (Phi) is 5.64. The number of alkyl halides is 3. The van der Waals surface area contributed by atoms with E-state index in [1.807, 2.05) is 13.8 Å². The highest BCUT2D eigenvalue weighted by Gasteiger charge is 2.27. The topological polar surface area (TPSA) is 55.1 Å². The molecule has 0 aliphatic carbocycles. The molecule has 3 N–H and O–H groups in total. The van der Waals surface area contributed by atoms with Gasteiger partial charge in [0, 0.05) is 6.54 Å². The molecule has 0 aromatic rings. The van der Waals surface area contributed by atoms with Crippen LogP contribution >= 0.6 is 0 Å². The quantitative estimate of drug-likeness (QED) is 0.745. The minimum Gasteiger partial charge on any atom is -0.354 e. The number of nitrogens with two attached hydrogens (primary N) is 1. The fourth-order valence-electron chi connectivity index (χ4n) is 1.07. The van der Waals surface area contributed by atoms with E-state index < -0.39 is 31.1 Å². The number of nitrogens with one attached hydrogen (secondary N) is 1. The van der Waals surface area contributed by atoms with Gasteiger partial charge in [-0.15, -0.1) is 0 Å². The standard InChI is InChI=1S/C9H17F3N2O/c1-6(2)5-7(13)8(15)14-4-3-9(10,11)12/h6-7H,3-5,13H2,1-2H3,(H,14,15). The van der Waals surface area contributed by atoms with E-state index in [0.717, 1.165) is 0 Å².